The van der Waals surface area contributed by atoms with E-state index >= 15 is 0 Å². The first-order chi connectivity index (χ1) is 8.97. The summed E-state index contributed by atoms with van der Waals surface area (Å²) < 4.78 is 26.4. The summed E-state index contributed by atoms with van der Waals surface area (Å²) >= 11 is 0. The Kier molecular flexibility index (Phi) is 3.46. The molecule has 0 aliphatic rings. The number of carbonyl (C=O) groups is 1. The molecule has 0 spiro atoms. The molecule has 3 nitrogen and oxygen atoms in total. The standard InChI is InChI=1S/C14H12F2N2O/c1-8-6-9(2-5-12(8)17)14(19)18-13-7-10(15)3-4-11(13)16/h2-7H,17H2,1H3,(H,18,19). The van der Waals surface area contributed by atoms with E-state index in [1.807, 2.05) is 0 Å². The van der Waals surface area contributed by atoms with Gasteiger partial charge in [-0.3, -0.25) is 4.79 Å². The Morgan fingerprint density at radius 1 is 1.16 bits per heavy atom. The third kappa shape index (κ3) is 2.88. The monoisotopic (exact) mass is 262 g/mol. The van der Waals surface area contributed by atoms with E-state index in [2.05, 4.69) is 5.32 Å². The first-order valence-corrected chi connectivity index (χ1v) is 5.60. The summed E-state index contributed by atoms with van der Waals surface area (Å²) in [6.07, 6.45) is 0. The summed E-state index contributed by atoms with van der Waals surface area (Å²) in [7, 11) is 0. The topological polar surface area (TPSA) is 55.1 Å². The molecule has 19 heavy (non-hydrogen) atoms. The maximum atomic E-state index is 13.4. The van der Waals surface area contributed by atoms with Gasteiger partial charge in [0.15, 0.2) is 0 Å². The lowest BCUT2D eigenvalue weighted by Gasteiger charge is -2.08. The van der Waals surface area contributed by atoms with Crippen molar-refractivity contribution in [3.63, 3.8) is 0 Å². The lowest BCUT2D eigenvalue weighted by Crippen LogP contribution is -2.13. The van der Waals surface area contributed by atoms with Crippen LogP contribution in [0.15, 0.2) is 36.4 Å². The number of nitrogens with one attached hydrogen (secondary N) is 1. The number of hydrogen-bond donors (Lipinski definition) is 2. The van der Waals surface area contributed by atoms with Crippen molar-refractivity contribution in [3.8, 4) is 0 Å². The number of halogens is 2. The lowest BCUT2D eigenvalue weighted by atomic mass is 10.1. The zero-order chi connectivity index (χ0) is 14.0. The smallest absolute Gasteiger partial charge is 0.255 e. The van der Waals surface area contributed by atoms with Crippen molar-refractivity contribution >= 4 is 17.3 Å². The molecule has 3 N–H and O–H groups in total. The quantitative estimate of drug-likeness (QED) is 0.817. The summed E-state index contributed by atoms with van der Waals surface area (Å²) in [5.74, 6) is -1.83. The predicted octanol–water partition coefficient (Wildman–Crippen LogP) is 3.11. The maximum Gasteiger partial charge on any atom is 0.255 e. The molecule has 1 amide bonds. The first kappa shape index (κ1) is 13.0. The molecule has 98 valence electrons. The molecule has 0 bridgehead atoms. The third-order valence-electron chi connectivity index (χ3n) is 2.71. The molecule has 5 heteroatoms. The molecule has 0 aliphatic carbocycles. The Morgan fingerprint density at radius 3 is 2.58 bits per heavy atom. The molecule has 2 aromatic carbocycles. The molecule has 0 saturated carbocycles. The molecule has 0 atom stereocenters. The zero-order valence-electron chi connectivity index (χ0n) is 10.2. The van der Waals surface area contributed by atoms with E-state index in [0.29, 0.717) is 11.3 Å². The van der Waals surface area contributed by atoms with Crippen LogP contribution < -0.4 is 11.1 Å². The summed E-state index contributed by atoms with van der Waals surface area (Å²) in [4.78, 5) is 11.9. The van der Waals surface area contributed by atoms with Crippen molar-refractivity contribution in [2.24, 2.45) is 0 Å². The molecule has 2 aromatic rings. The summed E-state index contributed by atoms with van der Waals surface area (Å²) in [6.45, 7) is 1.76. The maximum absolute atomic E-state index is 13.4. The minimum atomic E-state index is -0.693. The molecule has 2 rings (SSSR count). The van der Waals surface area contributed by atoms with Crippen molar-refractivity contribution < 1.29 is 13.6 Å². The minimum Gasteiger partial charge on any atom is -0.399 e. The number of rotatable bonds is 2. The second kappa shape index (κ2) is 5.06. The minimum absolute atomic E-state index is 0.195. The van der Waals surface area contributed by atoms with Gasteiger partial charge < -0.3 is 11.1 Å². The van der Waals surface area contributed by atoms with Crippen molar-refractivity contribution in [2.45, 2.75) is 6.92 Å². The zero-order valence-corrected chi connectivity index (χ0v) is 10.2. The average molecular weight is 262 g/mol. The molecule has 0 fully saturated rings. The molecule has 0 saturated heterocycles. The highest BCUT2D eigenvalue weighted by molar-refractivity contribution is 6.04. The van der Waals surface area contributed by atoms with Crippen LogP contribution in [0.5, 0.6) is 0 Å². The highest BCUT2D eigenvalue weighted by atomic mass is 19.1. The normalized spacial score (nSPS) is 10.3. The van der Waals surface area contributed by atoms with Gasteiger partial charge in [0.2, 0.25) is 0 Å². The average Bonchev–Trinajstić information content (AvgIpc) is 2.37. The van der Waals surface area contributed by atoms with E-state index in [1.165, 1.54) is 6.07 Å². The number of anilines is 2. The van der Waals surface area contributed by atoms with E-state index in [4.69, 9.17) is 5.73 Å². The Hall–Kier alpha value is -2.43. The molecular formula is C14H12F2N2O. The number of aryl methyl sites for hydroxylation is 1. The van der Waals surface area contributed by atoms with Gasteiger partial charge in [0.25, 0.3) is 5.91 Å². The fraction of sp³-hybridized carbons (Fsp3) is 0.0714. The van der Waals surface area contributed by atoms with Gasteiger partial charge in [-0.25, -0.2) is 8.78 Å². The van der Waals surface area contributed by atoms with Crippen molar-refractivity contribution in [2.75, 3.05) is 11.1 Å². The van der Waals surface area contributed by atoms with E-state index in [-0.39, 0.29) is 5.69 Å². The van der Waals surface area contributed by atoms with Gasteiger partial charge in [0, 0.05) is 17.3 Å². The Bertz CT molecular complexity index is 641. The molecule has 0 aromatic heterocycles. The van der Waals surface area contributed by atoms with Gasteiger partial charge >= 0.3 is 0 Å². The van der Waals surface area contributed by atoms with Crippen LogP contribution in [0.3, 0.4) is 0 Å². The van der Waals surface area contributed by atoms with Crippen LogP contribution in [0.1, 0.15) is 15.9 Å². The number of benzene rings is 2. The SMILES string of the molecule is Cc1cc(C(=O)Nc2cc(F)ccc2F)ccc1N. The summed E-state index contributed by atoms with van der Waals surface area (Å²) in [5, 5.41) is 2.32. The van der Waals surface area contributed by atoms with Crippen molar-refractivity contribution in [3.05, 3.63) is 59.2 Å². The number of nitrogen functional groups attached to an aromatic ring is 1. The molecule has 0 radical (unpaired) electrons. The van der Waals surface area contributed by atoms with E-state index in [1.54, 1.807) is 19.1 Å². The highest BCUT2D eigenvalue weighted by Crippen LogP contribution is 2.18. The number of hydrogen-bond acceptors (Lipinski definition) is 2. The number of amides is 1. The van der Waals surface area contributed by atoms with Crippen LogP contribution in [0.25, 0.3) is 0 Å². The molecule has 0 heterocycles. The fourth-order valence-corrected chi connectivity index (χ4v) is 1.60. The van der Waals surface area contributed by atoms with Gasteiger partial charge in [-0.1, -0.05) is 0 Å². The number of nitrogens with two attached hydrogens (primary N) is 1. The summed E-state index contributed by atoms with van der Waals surface area (Å²) in [6, 6.07) is 7.57. The Labute approximate surface area is 109 Å². The predicted molar refractivity (Wildman–Crippen MR) is 69.9 cm³/mol. The fourth-order valence-electron chi connectivity index (χ4n) is 1.60. The van der Waals surface area contributed by atoms with E-state index < -0.39 is 17.5 Å². The van der Waals surface area contributed by atoms with Crippen LogP contribution in [0, 0.1) is 18.6 Å². The lowest BCUT2D eigenvalue weighted by molar-refractivity contribution is 0.102. The van der Waals surface area contributed by atoms with Gasteiger partial charge in [0.1, 0.15) is 11.6 Å². The summed E-state index contributed by atoms with van der Waals surface area (Å²) in [5.41, 5.74) is 7.08. The van der Waals surface area contributed by atoms with Gasteiger partial charge in [0.05, 0.1) is 5.69 Å². The van der Waals surface area contributed by atoms with Crippen LogP contribution in [-0.2, 0) is 0 Å². The van der Waals surface area contributed by atoms with Gasteiger partial charge in [-0.05, 0) is 42.8 Å². The highest BCUT2D eigenvalue weighted by Gasteiger charge is 2.11. The molecule has 0 unspecified atom stereocenters. The van der Waals surface area contributed by atoms with Crippen LogP contribution in [0.4, 0.5) is 20.2 Å². The first-order valence-electron chi connectivity index (χ1n) is 5.60. The molecular weight excluding hydrogens is 250 g/mol. The van der Waals surface area contributed by atoms with Gasteiger partial charge in [-0.15, -0.1) is 0 Å². The van der Waals surface area contributed by atoms with Crippen LogP contribution >= 0.6 is 0 Å². The van der Waals surface area contributed by atoms with Crippen LogP contribution in [0.2, 0.25) is 0 Å². The van der Waals surface area contributed by atoms with Gasteiger partial charge in [-0.2, -0.15) is 0 Å². The van der Waals surface area contributed by atoms with Crippen LogP contribution in [-0.4, -0.2) is 5.91 Å². The Balaban J connectivity index is 2.25. The van der Waals surface area contributed by atoms with E-state index in [9.17, 15) is 13.6 Å². The van der Waals surface area contributed by atoms with Crippen molar-refractivity contribution in [1.82, 2.24) is 0 Å². The second-order valence-electron chi connectivity index (χ2n) is 4.15. The number of carbonyl (C=O) groups excluding carboxylic acids is 1. The third-order valence-corrected chi connectivity index (χ3v) is 2.71. The second-order valence-corrected chi connectivity index (χ2v) is 4.15. The van der Waals surface area contributed by atoms with Crippen molar-refractivity contribution in [1.29, 1.82) is 0 Å². The molecule has 0 aliphatic heterocycles. The Morgan fingerprint density at radius 2 is 1.89 bits per heavy atom. The largest absolute Gasteiger partial charge is 0.399 e. The van der Waals surface area contributed by atoms with E-state index in [0.717, 1.165) is 23.8 Å².